The van der Waals surface area contributed by atoms with Gasteiger partial charge in [-0.1, -0.05) is 12.1 Å². The summed E-state index contributed by atoms with van der Waals surface area (Å²) in [7, 11) is -1.08. The number of carboxylic acid groups (broad SMARTS) is 1. The number of ether oxygens (including phenoxy) is 1. The Kier molecular flexibility index (Phi) is 9.16. The van der Waals surface area contributed by atoms with Gasteiger partial charge in [0.15, 0.2) is 0 Å². The van der Waals surface area contributed by atoms with Crippen LogP contribution in [0.25, 0.3) is 0 Å². The summed E-state index contributed by atoms with van der Waals surface area (Å²) in [5.74, 6) is -1.22. The van der Waals surface area contributed by atoms with Crippen molar-refractivity contribution in [1.82, 2.24) is 5.32 Å². The average molecular weight is 398 g/mol. The molecule has 1 unspecified atom stereocenters. The molecular weight excluding hydrogens is 383 g/mol. The van der Waals surface area contributed by atoms with E-state index < -0.39 is 34.8 Å². The number of amides is 1. The second-order valence-electron chi connectivity index (χ2n) is 5.23. The van der Waals surface area contributed by atoms with Gasteiger partial charge in [0.2, 0.25) is 0 Å². The van der Waals surface area contributed by atoms with Gasteiger partial charge < -0.3 is 20.0 Å². The number of hydrogen-bond acceptors (Lipinski definition) is 7. The Morgan fingerprint density at radius 1 is 1.11 bits per heavy atom. The quantitative estimate of drug-likeness (QED) is 0.538. The second kappa shape index (κ2) is 10.8. The van der Waals surface area contributed by atoms with Crippen LogP contribution in [0.2, 0.25) is 0 Å². The standard InChI is InChI=1S/C17H16N2O6S.Na/c1-25-14-8-4-11(5-9-14)15(10-16(20)21)18-17(22)12-2-6-13(7-3-12)19-26(23)24;/h2-9,15H,10H2,1H3,(H,18,22)(H,20,21);/q;+1/p-1. The third-order valence-electron chi connectivity index (χ3n) is 3.50. The van der Waals surface area contributed by atoms with Crippen molar-refractivity contribution in [3.05, 3.63) is 59.7 Å². The van der Waals surface area contributed by atoms with Crippen LogP contribution in [0.1, 0.15) is 28.4 Å². The summed E-state index contributed by atoms with van der Waals surface area (Å²) in [5, 5.41) is 13.6. The van der Waals surface area contributed by atoms with Crippen LogP contribution < -0.4 is 44.7 Å². The normalized spacial score (nSPS) is 10.9. The van der Waals surface area contributed by atoms with Crippen LogP contribution in [-0.4, -0.2) is 27.4 Å². The van der Waals surface area contributed by atoms with Crippen LogP contribution in [0.4, 0.5) is 5.69 Å². The predicted octanol–water partition coefficient (Wildman–Crippen LogP) is -2.00. The van der Waals surface area contributed by atoms with Crippen molar-refractivity contribution < 1.29 is 57.4 Å². The maximum atomic E-state index is 12.4. The predicted molar refractivity (Wildman–Crippen MR) is 90.3 cm³/mol. The molecule has 10 heteroatoms. The summed E-state index contributed by atoms with van der Waals surface area (Å²) in [6.45, 7) is 0. The number of rotatable bonds is 7. The third-order valence-corrected chi connectivity index (χ3v) is 3.86. The fourth-order valence-corrected chi connectivity index (χ4v) is 2.55. The molecule has 0 heterocycles. The van der Waals surface area contributed by atoms with Crippen LogP contribution in [0.3, 0.4) is 0 Å². The molecule has 136 valence electrons. The number of carbonyl (C=O) groups excluding carboxylic acids is 2. The number of aliphatic carboxylic acids is 1. The zero-order chi connectivity index (χ0) is 19.1. The maximum Gasteiger partial charge on any atom is 1.00 e. The zero-order valence-corrected chi connectivity index (χ0v) is 17.5. The average Bonchev–Trinajstić information content (AvgIpc) is 2.61. The molecular formula is C17H15N2NaO6S. The van der Waals surface area contributed by atoms with Gasteiger partial charge in [0, 0.05) is 18.0 Å². The summed E-state index contributed by atoms with van der Waals surface area (Å²) in [5.41, 5.74) is 0.991. The first-order valence-corrected chi connectivity index (χ1v) is 8.48. The Morgan fingerprint density at radius 2 is 1.70 bits per heavy atom. The van der Waals surface area contributed by atoms with Crippen LogP contribution in [0.15, 0.2) is 52.9 Å². The smallest absolute Gasteiger partial charge is 0.550 e. The number of nitrogens with zero attached hydrogens (tertiary/aromatic N) is 1. The minimum Gasteiger partial charge on any atom is -0.550 e. The van der Waals surface area contributed by atoms with E-state index >= 15 is 0 Å². The van der Waals surface area contributed by atoms with Crippen LogP contribution in [0.5, 0.6) is 5.75 Å². The first kappa shape index (κ1) is 22.8. The van der Waals surface area contributed by atoms with Crippen molar-refractivity contribution in [1.29, 1.82) is 0 Å². The summed E-state index contributed by atoms with van der Waals surface area (Å²) in [6, 6.07) is 11.3. The van der Waals surface area contributed by atoms with Crippen molar-refractivity contribution in [3.8, 4) is 5.75 Å². The molecule has 0 aliphatic heterocycles. The van der Waals surface area contributed by atoms with Crippen LogP contribution in [0, 0.1) is 0 Å². The summed E-state index contributed by atoms with van der Waals surface area (Å²) in [6.07, 6.45) is -0.402. The van der Waals surface area contributed by atoms with E-state index in [1.807, 2.05) is 0 Å². The molecule has 0 spiro atoms. The Labute approximate surface area is 179 Å². The molecule has 2 rings (SSSR count). The summed E-state index contributed by atoms with van der Waals surface area (Å²) in [4.78, 5) is 23.4. The molecule has 1 N–H and O–H groups in total. The maximum absolute atomic E-state index is 12.4. The molecule has 1 amide bonds. The van der Waals surface area contributed by atoms with E-state index in [9.17, 15) is 23.1 Å². The largest absolute Gasteiger partial charge is 1.00 e. The van der Waals surface area contributed by atoms with Crippen molar-refractivity contribution in [3.63, 3.8) is 0 Å². The molecule has 0 saturated heterocycles. The number of benzene rings is 2. The number of carboxylic acids is 1. The first-order chi connectivity index (χ1) is 12.4. The minimum atomic E-state index is -2.59. The SMILES string of the molecule is COc1ccc(C(CC(=O)[O-])NC(=O)c2ccc(N=S(=O)=O)cc2)cc1.[Na+]. The van der Waals surface area contributed by atoms with Gasteiger partial charge in [-0.15, -0.1) is 4.36 Å². The van der Waals surface area contributed by atoms with Crippen molar-refractivity contribution >= 4 is 28.1 Å². The van der Waals surface area contributed by atoms with Crippen LogP contribution in [-0.2, 0) is 15.3 Å². The van der Waals surface area contributed by atoms with Crippen molar-refractivity contribution in [2.45, 2.75) is 12.5 Å². The van der Waals surface area contributed by atoms with E-state index in [0.717, 1.165) is 0 Å². The summed E-state index contributed by atoms with van der Waals surface area (Å²) >= 11 is 0. The van der Waals surface area contributed by atoms with Gasteiger partial charge in [0.1, 0.15) is 5.75 Å². The monoisotopic (exact) mass is 398 g/mol. The Hall–Kier alpha value is -2.20. The molecule has 27 heavy (non-hydrogen) atoms. The van der Waals surface area contributed by atoms with Gasteiger partial charge in [-0.05, 0) is 42.0 Å². The van der Waals surface area contributed by atoms with Gasteiger partial charge in [0.25, 0.3) is 5.91 Å². The third kappa shape index (κ3) is 7.14. The minimum absolute atomic E-state index is 0. The fourth-order valence-electron chi connectivity index (χ4n) is 2.26. The van der Waals surface area contributed by atoms with Gasteiger partial charge in [-0.2, -0.15) is 8.42 Å². The number of hydrogen-bond donors (Lipinski definition) is 1. The number of methoxy groups -OCH3 is 1. The fraction of sp³-hybridized carbons (Fsp3) is 0.176. The molecule has 2 aromatic carbocycles. The van der Waals surface area contributed by atoms with E-state index in [2.05, 4.69) is 9.68 Å². The van der Waals surface area contributed by atoms with Crippen molar-refractivity contribution in [2.75, 3.05) is 7.11 Å². The van der Waals surface area contributed by atoms with Gasteiger partial charge in [-0.25, -0.2) is 0 Å². The first-order valence-electron chi connectivity index (χ1n) is 7.45. The van der Waals surface area contributed by atoms with E-state index in [1.54, 1.807) is 24.3 Å². The Morgan fingerprint density at radius 3 is 2.19 bits per heavy atom. The van der Waals surface area contributed by atoms with E-state index in [1.165, 1.54) is 31.4 Å². The van der Waals surface area contributed by atoms with Gasteiger partial charge in [0.05, 0.1) is 18.8 Å². The molecule has 0 aliphatic carbocycles. The van der Waals surface area contributed by atoms with Crippen molar-refractivity contribution in [2.24, 2.45) is 4.36 Å². The molecule has 0 radical (unpaired) electrons. The molecule has 8 nitrogen and oxygen atoms in total. The molecule has 0 saturated carbocycles. The van der Waals surface area contributed by atoms with E-state index in [0.29, 0.717) is 11.3 Å². The second-order valence-corrected chi connectivity index (χ2v) is 5.85. The number of carbonyl (C=O) groups is 2. The number of nitrogens with one attached hydrogen (secondary N) is 1. The molecule has 2 aromatic rings. The zero-order valence-electron chi connectivity index (χ0n) is 14.7. The van der Waals surface area contributed by atoms with Gasteiger partial charge in [-0.3, -0.25) is 4.79 Å². The Bertz CT molecular complexity index is 919. The molecule has 0 aromatic heterocycles. The molecule has 1 atom stereocenters. The van der Waals surface area contributed by atoms with E-state index in [4.69, 9.17) is 4.74 Å². The topological polar surface area (TPSA) is 125 Å². The van der Waals surface area contributed by atoms with Gasteiger partial charge >= 0.3 is 40.1 Å². The Balaban J connectivity index is 0.00000364. The van der Waals surface area contributed by atoms with Crippen LogP contribution >= 0.6 is 0 Å². The molecule has 0 bridgehead atoms. The van der Waals surface area contributed by atoms with E-state index in [-0.39, 0.29) is 40.8 Å². The summed E-state index contributed by atoms with van der Waals surface area (Å²) < 4.78 is 29.4. The molecule has 0 aliphatic rings. The molecule has 0 fully saturated rings.